The summed E-state index contributed by atoms with van der Waals surface area (Å²) in [4.78, 5) is 10.3. The van der Waals surface area contributed by atoms with Crippen molar-refractivity contribution in [1.29, 1.82) is 0 Å². The summed E-state index contributed by atoms with van der Waals surface area (Å²) < 4.78 is 4.74. The Morgan fingerprint density at radius 3 is 2.73 bits per heavy atom. The maximum Gasteiger partial charge on any atom is 1.00 e. The van der Waals surface area contributed by atoms with Crippen LogP contribution >= 0.6 is 11.3 Å². The molecule has 0 spiro atoms. The topological polar surface area (TPSA) is 49.4 Å². The minimum Gasteiger partial charge on any atom is -0.545 e. The van der Waals surface area contributed by atoms with E-state index in [-0.39, 0.29) is 56.9 Å². The number of aromatic carboxylic acids is 1. The second-order valence-corrected chi connectivity index (χ2v) is 2.49. The van der Waals surface area contributed by atoms with Gasteiger partial charge < -0.3 is 14.6 Å². The molecule has 5 heteroatoms. The molecule has 0 radical (unpaired) electrons. The summed E-state index contributed by atoms with van der Waals surface area (Å²) >= 11 is 1.23. The summed E-state index contributed by atoms with van der Waals surface area (Å²) in [5.74, 6) is -1.20. The molecule has 3 nitrogen and oxygen atoms in total. The van der Waals surface area contributed by atoms with Crippen molar-refractivity contribution in [3.8, 4) is 5.06 Å². The van der Waals surface area contributed by atoms with Crippen LogP contribution in [0.5, 0.6) is 5.06 Å². The molecule has 1 aromatic rings. The zero-order valence-corrected chi connectivity index (χ0v) is 10.2. The Balaban J connectivity index is 0.000001000. The van der Waals surface area contributed by atoms with Gasteiger partial charge in [0.2, 0.25) is 0 Å². The Labute approximate surface area is 111 Å². The molecule has 0 bridgehead atoms. The molecule has 0 unspecified atom stereocenters. The van der Waals surface area contributed by atoms with Gasteiger partial charge in [0.15, 0.2) is 5.06 Å². The standard InChI is InChI=1S/C6H6O3S.K/c1-9-6-4(5(7)8)2-3-10-6;/h2-3H,1H3,(H,7,8);/q;+1/p-1. The molecule has 0 atom stereocenters. The summed E-state index contributed by atoms with van der Waals surface area (Å²) in [5.41, 5.74) is 0.118. The molecule has 11 heavy (non-hydrogen) atoms. The molecular formula is C6H5KO3S. The van der Waals surface area contributed by atoms with Gasteiger partial charge in [0, 0.05) is 0 Å². The van der Waals surface area contributed by atoms with Crippen molar-refractivity contribution in [3.63, 3.8) is 0 Å². The Hall–Kier alpha value is 0.606. The fourth-order valence-corrected chi connectivity index (χ4v) is 1.31. The van der Waals surface area contributed by atoms with Crippen LogP contribution in [0.1, 0.15) is 10.4 Å². The van der Waals surface area contributed by atoms with E-state index in [0.717, 1.165) is 0 Å². The van der Waals surface area contributed by atoms with Gasteiger partial charge in [-0.3, -0.25) is 0 Å². The van der Waals surface area contributed by atoms with Crippen LogP contribution in [-0.4, -0.2) is 13.1 Å². The van der Waals surface area contributed by atoms with Crippen molar-refractivity contribution < 1.29 is 66.0 Å². The third kappa shape index (κ3) is 2.85. The second kappa shape index (κ2) is 5.29. The van der Waals surface area contributed by atoms with E-state index in [1.165, 1.54) is 24.5 Å². The van der Waals surface area contributed by atoms with Crippen LogP contribution in [0.3, 0.4) is 0 Å². The molecular weight excluding hydrogens is 191 g/mol. The Kier molecular flexibility index (Phi) is 5.58. The largest absolute Gasteiger partial charge is 1.00 e. The molecule has 0 saturated heterocycles. The van der Waals surface area contributed by atoms with Crippen molar-refractivity contribution in [2.75, 3.05) is 7.11 Å². The number of carbonyl (C=O) groups excluding carboxylic acids is 1. The average Bonchev–Trinajstić information content (AvgIpc) is 2.33. The summed E-state index contributed by atoms with van der Waals surface area (Å²) in [6.45, 7) is 0. The van der Waals surface area contributed by atoms with Crippen LogP contribution in [0, 0.1) is 0 Å². The van der Waals surface area contributed by atoms with Gasteiger partial charge in [-0.2, -0.15) is 0 Å². The Bertz CT molecular complexity index is 246. The molecule has 0 aromatic carbocycles. The predicted molar refractivity (Wildman–Crippen MR) is 35.2 cm³/mol. The fourth-order valence-electron chi connectivity index (χ4n) is 0.605. The summed E-state index contributed by atoms with van der Waals surface area (Å²) in [6, 6.07) is 1.46. The molecule has 0 aliphatic rings. The second-order valence-electron chi connectivity index (χ2n) is 1.61. The fraction of sp³-hybridized carbons (Fsp3) is 0.167. The molecule has 0 amide bonds. The summed E-state index contributed by atoms with van der Waals surface area (Å²) in [7, 11) is 1.43. The van der Waals surface area contributed by atoms with Gasteiger partial charge >= 0.3 is 51.4 Å². The van der Waals surface area contributed by atoms with E-state index in [1.807, 2.05) is 0 Å². The minimum atomic E-state index is -1.20. The summed E-state index contributed by atoms with van der Waals surface area (Å²) in [5, 5.41) is 12.3. The first-order chi connectivity index (χ1) is 4.75. The van der Waals surface area contributed by atoms with Crippen molar-refractivity contribution in [2.24, 2.45) is 0 Å². The number of hydrogen-bond acceptors (Lipinski definition) is 4. The number of thiophene rings is 1. The first-order valence-corrected chi connectivity index (χ1v) is 3.46. The molecule has 54 valence electrons. The molecule has 0 fully saturated rings. The summed E-state index contributed by atoms with van der Waals surface area (Å²) in [6.07, 6.45) is 0. The van der Waals surface area contributed by atoms with Crippen molar-refractivity contribution in [3.05, 3.63) is 17.0 Å². The van der Waals surface area contributed by atoms with Gasteiger partial charge in [0.05, 0.1) is 18.6 Å². The van der Waals surface area contributed by atoms with Crippen molar-refractivity contribution >= 4 is 17.3 Å². The third-order valence-corrected chi connectivity index (χ3v) is 1.91. The smallest absolute Gasteiger partial charge is 0.545 e. The number of hydrogen-bond donors (Lipinski definition) is 0. The van der Waals surface area contributed by atoms with E-state index >= 15 is 0 Å². The normalized spacial score (nSPS) is 8.45. The zero-order chi connectivity index (χ0) is 7.56. The van der Waals surface area contributed by atoms with E-state index in [4.69, 9.17) is 4.74 Å². The number of methoxy groups -OCH3 is 1. The van der Waals surface area contributed by atoms with Crippen LogP contribution in [0.25, 0.3) is 0 Å². The predicted octanol–water partition coefficient (Wildman–Crippen LogP) is -2.88. The Morgan fingerprint density at radius 1 is 1.73 bits per heavy atom. The molecule has 0 saturated carbocycles. The molecule has 0 aliphatic carbocycles. The number of carboxylic acid groups (broad SMARTS) is 1. The first kappa shape index (κ1) is 11.6. The van der Waals surface area contributed by atoms with Crippen LogP contribution in [0.2, 0.25) is 0 Å². The van der Waals surface area contributed by atoms with E-state index in [1.54, 1.807) is 5.38 Å². The average molecular weight is 196 g/mol. The zero-order valence-electron chi connectivity index (χ0n) is 6.29. The minimum absolute atomic E-state index is 0. The third-order valence-electron chi connectivity index (χ3n) is 1.04. The SMILES string of the molecule is COc1sccc1C(=O)[O-].[K+]. The van der Waals surface area contributed by atoms with E-state index < -0.39 is 5.97 Å². The number of carboxylic acids is 1. The van der Waals surface area contributed by atoms with Crippen LogP contribution in [0.15, 0.2) is 11.4 Å². The molecule has 0 N–H and O–H groups in total. The van der Waals surface area contributed by atoms with E-state index in [9.17, 15) is 9.90 Å². The van der Waals surface area contributed by atoms with E-state index in [0.29, 0.717) is 5.06 Å². The first-order valence-electron chi connectivity index (χ1n) is 2.58. The van der Waals surface area contributed by atoms with Gasteiger partial charge in [-0.1, -0.05) is 0 Å². The molecule has 0 aliphatic heterocycles. The van der Waals surface area contributed by atoms with Gasteiger partial charge in [0.25, 0.3) is 0 Å². The Morgan fingerprint density at radius 2 is 2.36 bits per heavy atom. The van der Waals surface area contributed by atoms with Crippen molar-refractivity contribution in [1.82, 2.24) is 0 Å². The maximum atomic E-state index is 10.3. The van der Waals surface area contributed by atoms with Crippen LogP contribution in [-0.2, 0) is 0 Å². The maximum absolute atomic E-state index is 10.3. The molecule has 1 rings (SSSR count). The van der Waals surface area contributed by atoms with Crippen LogP contribution in [0.4, 0.5) is 0 Å². The quantitative estimate of drug-likeness (QED) is 0.478. The van der Waals surface area contributed by atoms with Gasteiger partial charge in [0.1, 0.15) is 0 Å². The van der Waals surface area contributed by atoms with E-state index in [2.05, 4.69) is 0 Å². The molecule has 1 aromatic heterocycles. The number of ether oxygens (including phenoxy) is 1. The number of carbonyl (C=O) groups is 1. The monoisotopic (exact) mass is 196 g/mol. The van der Waals surface area contributed by atoms with Crippen LogP contribution < -0.4 is 61.2 Å². The molecule has 1 heterocycles. The van der Waals surface area contributed by atoms with Crippen molar-refractivity contribution in [2.45, 2.75) is 0 Å². The van der Waals surface area contributed by atoms with Gasteiger partial charge in [-0.15, -0.1) is 11.3 Å². The number of rotatable bonds is 2. The van der Waals surface area contributed by atoms with Gasteiger partial charge in [-0.05, 0) is 11.4 Å². The van der Waals surface area contributed by atoms with Gasteiger partial charge in [-0.25, -0.2) is 0 Å².